The van der Waals surface area contributed by atoms with Crippen LogP contribution in [0.25, 0.3) is 21.3 Å². The Morgan fingerprint density at radius 3 is 2.53 bits per heavy atom. The first-order valence-corrected chi connectivity index (χ1v) is 11.6. The van der Waals surface area contributed by atoms with Crippen LogP contribution >= 0.6 is 11.3 Å². The highest BCUT2D eigenvalue weighted by atomic mass is 32.1. The first kappa shape index (κ1) is 20.8. The van der Waals surface area contributed by atoms with E-state index in [-0.39, 0.29) is 5.56 Å². The average Bonchev–Trinajstić information content (AvgIpc) is 3.31. The zero-order chi connectivity index (χ0) is 21.9. The van der Waals surface area contributed by atoms with Gasteiger partial charge in [0.2, 0.25) is 0 Å². The molecule has 2 aromatic heterocycles. The lowest BCUT2D eigenvalue weighted by atomic mass is 10.2. The first-order chi connectivity index (χ1) is 15.7. The van der Waals surface area contributed by atoms with Gasteiger partial charge in [0, 0.05) is 49.1 Å². The molecule has 164 valence electrons. The number of thiazole rings is 1. The Balaban J connectivity index is 1.17. The smallest absolute Gasteiger partial charge is 0.275 e. The summed E-state index contributed by atoms with van der Waals surface area (Å²) < 4.78 is 6.80. The molecule has 1 aliphatic rings. The molecule has 0 spiro atoms. The zero-order valence-corrected chi connectivity index (χ0v) is 18.8. The van der Waals surface area contributed by atoms with E-state index in [9.17, 15) is 4.79 Å². The van der Waals surface area contributed by atoms with Gasteiger partial charge in [-0.05, 0) is 30.3 Å². The first-order valence-electron chi connectivity index (χ1n) is 10.7. The third-order valence-electron chi connectivity index (χ3n) is 5.84. The molecule has 8 heteroatoms. The van der Waals surface area contributed by atoms with Gasteiger partial charge < -0.3 is 4.74 Å². The summed E-state index contributed by atoms with van der Waals surface area (Å²) in [4.78, 5) is 22.2. The number of nitrogens with zero attached hydrogens (tertiary/aromatic N) is 5. The van der Waals surface area contributed by atoms with Crippen molar-refractivity contribution < 1.29 is 4.74 Å². The Bertz CT molecular complexity index is 1260. The van der Waals surface area contributed by atoms with Crippen LogP contribution in [0.2, 0.25) is 0 Å². The van der Waals surface area contributed by atoms with Crippen LogP contribution in [-0.4, -0.2) is 57.9 Å². The number of methoxy groups -OCH3 is 1. The van der Waals surface area contributed by atoms with Crippen LogP contribution in [0.3, 0.4) is 0 Å². The number of rotatable bonds is 6. The molecule has 0 bridgehead atoms. The quantitative estimate of drug-likeness (QED) is 0.452. The second-order valence-corrected chi connectivity index (χ2v) is 8.80. The minimum Gasteiger partial charge on any atom is -0.497 e. The van der Waals surface area contributed by atoms with Crippen molar-refractivity contribution in [1.29, 1.82) is 0 Å². The molecule has 2 aromatic carbocycles. The minimum absolute atomic E-state index is 0.0286. The molecule has 1 aliphatic heterocycles. The predicted molar refractivity (Wildman–Crippen MR) is 127 cm³/mol. The number of hydrogen-bond acceptors (Lipinski definition) is 7. The van der Waals surface area contributed by atoms with E-state index in [2.05, 4.69) is 20.3 Å². The van der Waals surface area contributed by atoms with Crippen LogP contribution in [0, 0.1) is 0 Å². The van der Waals surface area contributed by atoms with Gasteiger partial charge >= 0.3 is 0 Å². The van der Waals surface area contributed by atoms with E-state index in [1.165, 1.54) is 0 Å². The Hall–Kier alpha value is -3.07. The highest BCUT2D eigenvalue weighted by molar-refractivity contribution is 7.13. The number of fused-ring (bicyclic) bond motifs is 1. The SMILES string of the molecule is COc1ccc(-c2nc(CN3CCN(Cn4ncc5ccccc5c4=O)CC3)cs2)cc1. The van der Waals surface area contributed by atoms with Crippen LogP contribution in [0.4, 0.5) is 0 Å². The van der Waals surface area contributed by atoms with Crippen molar-refractivity contribution in [2.45, 2.75) is 13.2 Å². The monoisotopic (exact) mass is 447 g/mol. The summed E-state index contributed by atoms with van der Waals surface area (Å²) in [6.07, 6.45) is 1.77. The standard InChI is InChI=1S/C24H25N5O2S/c1-31-21-8-6-18(7-9-21)23-26-20(16-32-23)15-27-10-12-28(13-11-27)17-29-24(30)22-5-3-2-4-19(22)14-25-29/h2-9,14,16H,10-13,15,17H2,1H3. The van der Waals surface area contributed by atoms with E-state index in [1.807, 2.05) is 48.5 Å². The highest BCUT2D eigenvalue weighted by Crippen LogP contribution is 2.26. The lowest BCUT2D eigenvalue weighted by Crippen LogP contribution is -2.47. The zero-order valence-electron chi connectivity index (χ0n) is 18.0. The fourth-order valence-electron chi connectivity index (χ4n) is 3.98. The van der Waals surface area contributed by atoms with Crippen LogP contribution in [-0.2, 0) is 13.2 Å². The van der Waals surface area contributed by atoms with Gasteiger partial charge in [-0.1, -0.05) is 18.2 Å². The summed E-state index contributed by atoms with van der Waals surface area (Å²) in [7, 11) is 1.67. The molecule has 0 radical (unpaired) electrons. The largest absolute Gasteiger partial charge is 0.497 e. The number of ether oxygens (including phenoxy) is 1. The number of aromatic nitrogens is 3. The highest BCUT2D eigenvalue weighted by Gasteiger charge is 2.19. The van der Waals surface area contributed by atoms with Gasteiger partial charge in [0.15, 0.2) is 0 Å². The summed E-state index contributed by atoms with van der Waals surface area (Å²) >= 11 is 1.67. The van der Waals surface area contributed by atoms with E-state index in [1.54, 1.807) is 29.3 Å². The van der Waals surface area contributed by atoms with Gasteiger partial charge in [0.05, 0.1) is 31.1 Å². The van der Waals surface area contributed by atoms with Crippen molar-refractivity contribution in [3.63, 3.8) is 0 Å². The van der Waals surface area contributed by atoms with Gasteiger partial charge in [-0.25, -0.2) is 9.67 Å². The lowest BCUT2D eigenvalue weighted by molar-refractivity contribution is 0.0966. The molecule has 0 N–H and O–H groups in total. The summed E-state index contributed by atoms with van der Waals surface area (Å²) in [5.74, 6) is 0.851. The topological polar surface area (TPSA) is 63.5 Å². The molecule has 0 atom stereocenters. The third-order valence-corrected chi connectivity index (χ3v) is 6.78. The molecule has 32 heavy (non-hydrogen) atoms. The third kappa shape index (κ3) is 4.43. The van der Waals surface area contributed by atoms with E-state index in [0.29, 0.717) is 6.67 Å². The van der Waals surface area contributed by atoms with E-state index >= 15 is 0 Å². The fraction of sp³-hybridized carbons (Fsp3) is 0.292. The molecule has 4 aromatic rings. The van der Waals surface area contributed by atoms with Crippen molar-refractivity contribution in [3.05, 3.63) is 76.2 Å². The van der Waals surface area contributed by atoms with Crippen molar-refractivity contribution >= 4 is 22.1 Å². The van der Waals surface area contributed by atoms with Crippen LogP contribution in [0.15, 0.2) is 64.9 Å². The summed E-state index contributed by atoms with van der Waals surface area (Å²) in [6, 6.07) is 15.6. The summed E-state index contributed by atoms with van der Waals surface area (Å²) in [6.45, 7) is 5.05. The normalized spacial score (nSPS) is 15.3. The molecule has 3 heterocycles. The van der Waals surface area contributed by atoms with Crippen molar-refractivity contribution in [1.82, 2.24) is 24.6 Å². The Morgan fingerprint density at radius 2 is 1.75 bits per heavy atom. The lowest BCUT2D eigenvalue weighted by Gasteiger charge is -2.34. The second kappa shape index (κ2) is 9.20. The maximum absolute atomic E-state index is 12.7. The number of hydrogen-bond donors (Lipinski definition) is 0. The number of piperazine rings is 1. The summed E-state index contributed by atoms with van der Waals surface area (Å²) in [5.41, 5.74) is 2.18. The van der Waals surface area contributed by atoms with Gasteiger partial charge in [-0.2, -0.15) is 5.10 Å². The summed E-state index contributed by atoms with van der Waals surface area (Å²) in [5, 5.41) is 9.14. The molecule has 0 saturated carbocycles. The maximum Gasteiger partial charge on any atom is 0.275 e. The van der Waals surface area contributed by atoms with Gasteiger partial charge in [0.1, 0.15) is 10.8 Å². The van der Waals surface area contributed by atoms with E-state index < -0.39 is 0 Å². The average molecular weight is 448 g/mol. The molecular formula is C24H25N5O2S. The molecule has 7 nitrogen and oxygen atoms in total. The predicted octanol–water partition coefficient (Wildman–Crippen LogP) is 3.30. The van der Waals surface area contributed by atoms with Crippen molar-refractivity contribution in [2.75, 3.05) is 33.3 Å². The Labute approximate surface area is 190 Å². The molecule has 0 aliphatic carbocycles. The Morgan fingerprint density at radius 1 is 1.00 bits per heavy atom. The van der Waals surface area contributed by atoms with Crippen molar-refractivity contribution in [3.8, 4) is 16.3 Å². The molecule has 1 saturated heterocycles. The minimum atomic E-state index is -0.0286. The molecule has 0 amide bonds. The van der Waals surface area contributed by atoms with Gasteiger partial charge in [-0.3, -0.25) is 14.6 Å². The van der Waals surface area contributed by atoms with Gasteiger partial charge in [-0.15, -0.1) is 11.3 Å². The van der Waals surface area contributed by atoms with Crippen molar-refractivity contribution in [2.24, 2.45) is 0 Å². The molecule has 1 fully saturated rings. The molecule has 5 rings (SSSR count). The van der Waals surface area contributed by atoms with Crippen LogP contribution in [0.1, 0.15) is 5.69 Å². The number of benzene rings is 2. The molecular weight excluding hydrogens is 422 g/mol. The van der Waals surface area contributed by atoms with Crippen LogP contribution < -0.4 is 10.3 Å². The molecule has 0 unspecified atom stereocenters. The Kier molecular flexibility index (Phi) is 5.98. The van der Waals surface area contributed by atoms with E-state index in [4.69, 9.17) is 9.72 Å². The fourth-order valence-corrected chi connectivity index (χ4v) is 4.80. The van der Waals surface area contributed by atoms with Gasteiger partial charge in [0.25, 0.3) is 5.56 Å². The maximum atomic E-state index is 12.7. The second-order valence-electron chi connectivity index (χ2n) is 7.94. The van der Waals surface area contributed by atoms with Crippen LogP contribution in [0.5, 0.6) is 5.75 Å². The van der Waals surface area contributed by atoms with E-state index in [0.717, 1.165) is 65.5 Å².